The largest absolute Gasteiger partial charge is 0.468 e. The molecule has 9 heteroatoms. The zero-order valence-electron chi connectivity index (χ0n) is 13.9. The third kappa shape index (κ3) is 4.95. The quantitative estimate of drug-likeness (QED) is 0.322. The topological polar surface area (TPSA) is 51.4 Å². The molecule has 0 aliphatic heterocycles. The smallest absolute Gasteiger partial charge is 0.422 e. The molecule has 1 aromatic heterocycles. The summed E-state index contributed by atoms with van der Waals surface area (Å²) >= 11 is 5.86. The van der Waals surface area contributed by atoms with Gasteiger partial charge in [0.05, 0.1) is 5.56 Å². The number of hydrogen-bond acceptors (Lipinski definition) is 4. The molecule has 0 spiro atoms. The monoisotopic (exact) mass is 387 g/mol. The van der Waals surface area contributed by atoms with E-state index >= 15 is 0 Å². The van der Waals surface area contributed by atoms with Gasteiger partial charge in [0.15, 0.2) is 6.61 Å². The molecule has 2 aromatic rings. The van der Waals surface area contributed by atoms with E-state index in [4.69, 9.17) is 21.2 Å². The number of ether oxygens (including phenoxy) is 1. The van der Waals surface area contributed by atoms with Crippen molar-refractivity contribution in [1.29, 1.82) is 0 Å². The highest BCUT2D eigenvalue weighted by molar-refractivity contribution is 6.30. The molecule has 0 aliphatic carbocycles. The van der Waals surface area contributed by atoms with E-state index in [-0.39, 0.29) is 11.6 Å². The van der Waals surface area contributed by atoms with Gasteiger partial charge in [-0.15, -0.1) is 0 Å². The number of benzene rings is 1. The first kappa shape index (κ1) is 19.7. The molecule has 138 valence electrons. The van der Waals surface area contributed by atoms with Gasteiger partial charge in [0.25, 0.3) is 11.4 Å². The lowest BCUT2D eigenvalue weighted by atomic mass is 10.1. The third-order valence-electron chi connectivity index (χ3n) is 3.27. The molecule has 1 heterocycles. The fraction of sp³-hybridized carbons (Fsp3) is 0.235. The van der Waals surface area contributed by atoms with E-state index in [1.807, 2.05) is 0 Å². The highest BCUT2D eigenvalue weighted by Crippen LogP contribution is 2.33. The highest BCUT2D eigenvalue weighted by Gasteiger charge is 2.30. The van der Waals surface area contributed by atoms with E-state index in [0.29, 0.717) is 28.1 Å². The molecule has 0 saturated heterocycles. The van der Waals surface area contributed by atoms with Gasteiger partial charge in [0.1, 0.15) is 13.3 Å². The van der Waals surface area contributed by atoms with Gasteiger partial charge in [0.2, 0.25) is 12.2 Å². The molecule has 5 nitrogen and oxygen atoms in total. The Balaban J connectivity index is 2.55. The van der Waals surface area contributed by atoms with Gasteiger partial charge >= 0.3 is 6.18 Å². The van der Waals surface area contributed by atoms with Gasteiger partial charge in [0, 0.05) is 22.8 Å². The Hall–Kier alpha value is -2.61. The Labute approximate surface area is 152 Å². The number of rotatable bonds is 6. The summed E-state index contributed by atoms with van der Waals surface area (Å²) in [7, 11) is 1.35. The number of pyridine rings is 1. The van der Waals surface area contributed by atoms with Gasteiger partial charge < -0.3 is 4.74 Å². The standard InChI is InChI=1S/C17H15ClF3N2O3/c1-11(9-24)23(25-2)14-7-15(12-3-5-13(18)6-4-12)16(22-8-14)26-10-17(19,20)21/h3-9H,10H2,1-2H3/q+1/b23-11+. The van der Waals surface area contributed by atoms with Crippen LogP contribution >= 0.6 is 11.6 Å². The fourth-order valence-corrected chi connectivity index (χ4v) is 2.28. The number of alkyl halides is 3. The van der Waals surface area contributed by atoms with Crippen LogP contribution in [0.1, 0.15) is 6.92 Å². The second-order valence-corrected chi connectivity index (χ2v) is 5.63. The van der Waals surface area contributed by atoms with E-state index in [1.165, 1.54) is 31.0 Å². The lowest BCUT2D eigenvalue weighted by Gasteiger charge is -2.12. The summed E-state index contributed by atoms with van der Waals surface area (Å²) < 4.78 is 43.5. The minimum atomic E-state index is -4.50. The highest BCUT2D eigenvalue weighted by atomic mass is 35.5. The van der Waals surface area contributed by atoms with Crippen molar-refractivity contribution in [3.8, 4) is 17.0 Å². The van der Waals surface area contributed by atoms with Crippen molar-refractivity contribution < 1.29 is 32.3 Å². The van der Waals surface area contributed by atoms with Crippen molar-refractivity contribution in [3.63, 3.8) is 0 Å². The number of aromatic nitrogens is 1. The van der Waals surface area contributed by atoms with E-state index < -0.39 is 12.8 Å². The molecule has 2 rings (SSSR count). The van der Waals surface area contributed by atoms with Crippen LogP contribution < -0.4 is 4.74 Å². The first-order chi connectivity index (χ1) is 12.2. The maximum atomic E-state index is 12.5. The second-order valence-electron chi connectivity index (χ2n) is 5.19. The third-order valence-corrected chi connectivity index (χ3v) is 3.52. The maximum absolute atomic E-state index is 12.5. The molecule has 26 heavy (non-hydrogen) atoms. The molecular weight excluding hydrogens is 373 g/mol. The zero-order valence-corrected chi connectivity index (χ0v) is 14.6. The predicted octanol–water partition coefficient (Wildman–Crippen LogP) is 4.21. The Kier molecular flexibility index (Phi) is 6.20. The predicted molar refractivity (Wildman–Crippen MR) is 89.9 cm³/mol. The molecule has 0 bridgehead atoms. The molecular formula is C17H15ClF3N2O3+. The molecule has 0 saturated carbocycles. The first-order valence-corrected chi connectivity index (χ1v) is 7.71. The Morgan fingerprint density at radius 1 is 1.31 bits per heavy atom. The SMILES string of the molecule is CO/[N+](=C(\C)C=O)c1cnc(OCC(F)(F)F)c(-c2ccc(Cl)cc2)c1. The average molecular weight is 388 g/mol. The van der Waals surface area contributed by atoms with Gasteiger partial charge in [-0.05, 0) is 17.7 Å². The van der Waals surface area contributed by atoms with E-state index in [1.54, 1.807) is 24.3 Å². The Bertz CT molecular complexity index is 821. The summed E-state index contributed by atoms with van der Waals surface area (Å²) in [6, 6.07) is 7.94. The molecule has 0 atom stereocenters. The summed E-state index contributed by atoms with van der Waals surface area (Å²) in [5.41, 5.74) is 1.42. The van der Waals surface area contributed by atoms with Crippen LogP contribution in [0, 0.1) is 0 Å². The lowest BCUT2D eigenvalue weighted by Crippen LogP contribution is -2.20. The van der Waals surface area contributed by atoms with Crippen LogP contribution in [0.4, 0.5) is 18.9 Å². The van der Waals surface area contributed by atoms with Crippen molar-refractivity contribution in [2.45, 2.75) is 13.1 Å². The van der Waals surface area contributed by atoms with Crippen molar-refractivity contribution in [1.82, 2.24) is 4.98 Å². The van der Waals surface area contributed by atoms with E-state index in [9.17, 15) is 18.0 Å². The van der Waals surface area contributed by atoms with Crippen molar-refractivity contribution in [2.24, 2.45) is 0 Å². The number of halogens is 4. The summed E-state index contributed by atoms with van der Waals surface area (Å²) in [4.78, 5) is 20.1. The lowest BCUT2D eigenvalue weighted by molar-refractivity contribution is -0.719. The van der Waals surface area contributed by atoms with E-state index in [0.717, 1.165) is 0 Å². The average Bonchev–Trinajstić information content (AvgIpc) is 2.61. The van der Waals surface area contributed by atoms with Gasteiger partial charge in [-0.25, -0.2) is 4.98 Å². The first-order valence-electron chi connectivity index (χ1n) is 7.33. The Morgan fingerprint density at radius 2 is 1.96 bits per heavy atom. The summed E-state index contributed by atoms with van der Waals surface area (Å²) in [6.07, 6.45) is -2.67. The van der Waals surface area contributed by atoms with Crippen LogP contribution in [0.25, 0.3) is 11.1 Å². The van der Waals surface area contributed by atoms with Gasteiger partial charge in [-0.1, -0.05) is 23.7 Å². The normalized spacial score (nSPS) is 12.4. The summed E-state index contributed by atoms with van der Waals surface area (Å²) in [5, 5.41) is 0.472. The van der Waals surface area contributed by atoms with Crippen LogP contribution in [0.15, 0.2) is 36.5 Å². The Morgan fingerprint density at radius 3 is 2.50 bits per heavy atom. The van der Waals surface area contributed by atoms with Crippen LogP contribution in [-0.2, 0) is 9.63 Å². The minimum absolute atomic E-state index is 0.201. The number of aldehydes is 1. The molecule has 1 aromatic carbocycles. The van der Waals surface area contributed by atoms with E-state index in [2.05, 4.69) is 4.98 Å². The van der Waals surface area contributed by atoms with Crippen molar-refractivity contribution in [2.75, 3.05) is 13.7 Å². The minimum Gasteiger partial charge on any atom is -0.468 e. The molecule has 0 aliphatic rings. The molecule has 0 radical (unpaired) electrons. The molecule has 0 fully saturated rings. The maximum Gasteiger partial charge on any atom is 0.422 e. The zero-order chi connectivity index (χ0) is 19.3. The summed E-state index contributed by atoms with van der Waals surface area (Å²) in [6.45, 7) is 0.0416. The number of hydrogen-bond donors (Lipinski definition) is 0. The van der Waals surface area contributed by atoms with Crippen LogP contribution in [0.3, 0.4) is 0 Å². The van der Waals surface area contributed by atoms with Crippen LogP contribution in [0.2, 0.25) is 5.02 Å². The van der Waals surface area contributed by atoms with Gasteiger partial charge in [-0.3, -0.25) is 9.63 Å². The fourth-order valence-electron chi connectivity index (χ4n) is 2.15. The van der Waals surface area contributed by atoms with Gasteiger partial charge in [-0.2, -0.15) is 13.2 Å². The number of nitrogens with zero attached hydrogens (tertiary/aromatic N) is 2. The molecule has 0 unspecified atom stereocenters. The van der Waals surface area contributed by atoms with Crippen LogP contribution in [0.5, 0.6) is 5.88 Å². The number of carbonyl (C=O) groups excluding carboxylic acids is 1. The summed E-state index contributed by atoms with van der Waals surface area (Å²) in [5.74, 6) is -0.201. The van der Waals surface area contributed by atoms with Crippen LogP contribution in [-0.4, -0.2) is 41.6 Å². The molecule has 0 amide bonds. The second kappa shape index (κ2) is 8.18. The number of carbonyl (C=O) groups is 1. The molecule has 0 N–H and O–H groups in total. The van der Waals surface area contributed by atoms with Crippen molar-refractivity contribution in [3.05, 3.63) is 41.6 Å². The van der Waals surface area contributed by atoms with Crippen molar-refractivity contribution >= 4 is 29.3 Å².